The predicted octanol–water partition coefficient (Wildman–Crippen LogP) is 2.73. The molecule has 2 aliphatic rings. The Morgan fingerprint density at radius 2 is 1.80 bits per heavy atom. The van der Waals surface area contributed by atoms with Gasteiger partial charge in [0.25, 0.3) is 0 Å². The van der Waals surface area contributed by atoms with Crippen molar-refractivity contribution in [1.82, 2.24) is 4.90 Å². The van der Waals surface area contributed by atoms with E-state index in [2.05, 4.69) is 9.99 Å². The third-order valence-electron chi connectivity index (χ3n) is 4.32. The van der Waals surface area contributed by atoms with Crippen LogP contribution in [0.3, 0.4) is 0 Å². The van der Waals surface area contributed by atoms with Gasteiger partial charge in [-0.15, -0.1) is 0 Å². The van der Waals surface area contributed by atoms with Gasteiger partial charge >= 0.3 is 6.18 Å². The maximum Gasteiger partial charge on any atom is 0.425 e. The number of rotatable bonds is 3. The van der Waals surface area contributed by atoms with Gasteiger partial charge in [-0.3, -0.25) is 4.79 Å². The van der Waals surface area contributed by atoms with Crippen LogP contribution in [0.1, 0.15) is 38.5 Å². The highest BCUT2D eigenvalue weighted by Gasteiger charge is 2.37. The smallest absolute Gasteiger partial charge is 0.386 e. The van der Waals surface area contributed by atoms with Gasteiger partial charge in [-0.25, -0.2) is 0 Å². The van der Waals surface area contributed by atoms with Crippen LogP contribution in [0.4, 0.5) is 13.2 Å². The third-order valence-corrected chi connectivity index (χ3v) is 4.32. The molecule has 1 amide bonds. The van der Waals surface area contributed by atoms with Crippen molar-refractivity contribution >= 4 is 12.1 Å². The largest absolute Gasteiger partial charge is 0.425 e. The summed E-state index contributed by atoms with van der Waals surface area (Å²) in [4.78, 5) is 16.8. The normalized spacial score (nSPS) is 22.8. The van der Waals surface area contributed by atoms with Gasteiger partial charge in [0.1, 0.15) is 0 Å². The van der Waals surface area contributed by atoms with Crippen LogP contribution in [-0.4, -0.2) is 42.9 Å². The third kappa shape index (κ3) is 4.11. The Morgan fingerprint density at radius 3 is 2.30 bits per heavy atom. The molecule has 20 heavy (non-hydrogen) atoms. The van der Waals surface area contributed by atoms with E-state index in [-0.39, 0.29) is 5.41 Å². The zero-order chi connectivity index (χ0) is 14.6. The number of likely N-dealkylation sites (tertiary alicyclic amines) is 1. The monoisotopic (exact) mass is 292 g/mol. The lowest BCUT2D eigenvalue weighted by atomic mass is 9.68. The van der Waals surface area contributed by atoms with Crippen molar-refractivity contribution in [1.29, 1.82) is 0 Å². The molecule has 0 radical (unpaired) electrons. The molecule has 0 aromatic heterocycles. The average molecular weight is 292 g/mol. The Bertz CT molecular complexity index is 362. The first-order valence-corrected chi connectivity index (χ1v) is 6.86. The van der Waals surface area contributed by atoms with Crippen LogP contribution < -0.4 is 0 Å². The van der Waals surface area contributed by atoms with E-state index in [1.165, 1.54) is 0 Å². The van der Waals surface area contributed by atoms with Crippen molar-refractivity contribution in [2.45, 2.75) is 44.7 Å². The number of alkyl halides is 3. The zero-order valence-electron chi connectivity index (χ0n) is 11.3. The molecule has 114 valence electrons. The fourth-order valence-electron chi connectivity index (χ4n) is 2.96. The van der Waals surface area contributed by atoms with Crippen LogP contribution in [0, 0.1) is 5.41 Å². The molecular weight excluding hydrogens is 273 g/mol. The molecule has 4 nitrogen and oxygen atoms in total. The standard InChI is InChI=1S/C13H19F3N2O2/c14-13(15,16)9-20-17-11-1-3-12(4-2-11)5-7-18(10-19)8-6-12/h10H,1-9H2. The van der Waals surface area contributed by atoms with Gasteiger partial charge in [-0.1, -0.05) is 5.16 Å². The first-order valence-electron chi connectivity index (χ1n) is 6.86. The molecule has 7 heteroatoms. The van der Waals surface area contributed by atoms with E-state index in [0.717, 1.165) is 50.9 Å². The molecule has 0 bridgehead atoms. The van der Waals surface area contributed by atoms with E-state index >= 15 is 0 Å². The van der Waals surface area contributed by atoms with Gasteiger partial charge in [0.05, 0.1) is 5.71 Å². The minimum atomic E-state index is -4.33. The first kappa shape index (κ1) is 15.1. The van der Waals surface area contributed by atoms with Crippen LogP contribution in [0.5, 0.6) is 0 Å². The van der Waals surface area contributed by atoms with E-state index in [1.54, 1.807) is 4.90 Å². The first-order chi connectivity index (χ1) is 9.42. The number of amides is 1. The molecule has 1 aliphatic carbocycles. The highest BCUT2D eigenvalue weighted by Crippen LogP contribution is 2.43. The van der Waals surface area contributed by atoms with Crippen LogP contribution in [0.2, 0.25) is 0 Å². The van der Waals surface area contributed by atoms with Crippen LogP contribution in [-0.2, 0) is 9.63 Å². The summed E-state index contributed by atoms with van der Waals surface area (Å²) in [5.74, 6) is 0. The number of carbonyl (C=O) groups is 1. The Labute approximate surface area is 115 Å². The zero-order valence-corrected chi connectivity index (χ0v) is 11.3. The maximum atomic E-state index is 11.9. The molecule has 0 aromatic rings. The van der Waals surface area contributed by atoms with E-state index in [9.17, 15) is 18.0 Å². The number of halogens is 3. The van der Waals surface area contributed by atoms with Crippen molar-refractivity contribution in [3.63, 3.8) is 0 Å². The van der Waals surface area contributed by atoms with Gasteiger partial charge in [-0.2, -0.15) is 13.2 Å². The second-order valence-corrected chi connectivity index (χ2v) is 5.69. The Hall–Kier alpha value is -1.27. The van der Waals surface area contributed by atoms with E-state index < -0.39 is 12.8 Å². The fourth-order valence-corrected chi connectivity index (χ4v) is 2.96. The van der Waals surface area contributed by atoms with Crippen molar-refractivity contribution in [3.05, 3.63) is 0 Å². The predicted molar refractivity (Wildman–Crippen MR) is 67.2 cm³/mol. The van der Waals surface area contributed by atoms with Crippen molar-refractivity contribution in [2.24, 2.45) is 10.6 Å². The second-order valence-electron chi connectivity index (χ2n) is 5.69. The number of nitrogens with zero attached hydrogens (tertiary/aromatic N) is 2. The number of piperidine rings is 1. The van der Waals surface area contributed by atoms with Gasteiger partial charge in [0, 0.05) is 13.1 Å². The lowest BCUT2D eigenvalue weighted by molar-refractivity contribution is -0.174. The summed E-state index contributed by atoms with van der Waals surface area (Å²) in [6.45, 7) is 0.233. The lowest BCUT2D eigenvalue weighted by Gasteiger charge is -2.43. The average Bonchev–Trinajstić information content (AvgIpc) is 2.41. The SMILES string of the molecule is O=CN1CCC2(CCC(=NOCC(F)(F)F)CC2)CC1. The maximum absolute atomic E-state index is 11.9. The van der Waals surface area contributed by atoms with E-state index in [4.69, 9.17) is 0 Å². The molecule has 0 N–H and O–H groups in total. The summed E-state index contributed by atoms with van der Waals surface area (Å²) < 4.78 is 35.8. The van der Waals surface area contributed by atoms with E-state index in [0.29, 0.717) is 12.8 Å². The quantitative estimate of drug-likeness (QED) is 0.593. The Kier molecular flexibility index (Phi) is 4.55. The van der Waals surface area contributed by atoms with Crippen LogP contribution >= 0.6 is 0 Å². The second kappa shape index (κ2) is 6.01. The Morgan fingerprint density at radius 1 is 1.20 bits per heavy atom. The molecule has 1 saturated heterocycles. The van der Waals surface area contributed by atoms with Crippen LogP contribution in [0.25, 0.3) is 0 Å². The summed E-state index contributed by atoms with van der Waals surface area (Å²) in [7, 11) is 0. The lowest BCUT2D eigenvalue weighted by Crippen LogP contribution is -2.41. The van der Waals surface area contributed by atoms with Gasteiger partial charge in [-0.05, 0) is 43.9 Å². The Balaban J connectivity index is 1.78. The molecular formula is C13H19F3N2O2. The molecule has 1 heterocycles. The van der Waals surface area contributed by atoms with Gasteiger partial charge in [0.2, 0.25) is 13.0 Å². The molecule has 2 rings (SSSR count). The molecule has 1 spiro atoms. The molecule has 0 aromatic carbocycles. The van der Waals surface area contributed by atoms with Crippen molar-refractivity contribution < 1.29 is 22.8 Å². The molecule has 0 atom stereocenters. The summed E-state index contributed by atoms with van der Waals surface area (Å²) in [6.07, 6.45) is 1.74. The summed E-state index contributed by atoms with van der Waals surface area (Å²) >= 11 is 0. The molecule has 2 fully saturated rings. The highest BCUT2D eigenvalue weighted by molar-refractivity contribution is 5.84. The topological polar surface area (TPSA) is 41.9 Å². The van der Waals surface area contributed by atoms with Crippen molar-refractivity contribution in [3.8, 4) is 0 Å². The minimum absolute atomic E-state index is 0.239. The number of hydrogen-bond acceptors (Lipinski definition) is 3. The van der Waals surface area contributed by atoms with Gasteiger partial charge in [0.15, 0.2) is 0 Å². The highest BCUT2D eigenvalue weighted by atomic mass is 19.4. The van der Waals surface area contributed by atoms with Crippen molar-refractivity contribution in [2.75, 3.05) is 19.7 Å². The number of hydrogen-bond donors (Lipinski definition) is 0. The minimum Gasteiger partial charge on any atom is -0.386 e. The fraction of sp³-hybridized carbons (Fsp3) is 0.846. The number of oxime groups is 1. The summed E-state index contributed by atoms with van der Waals surface area (Å²) in [5, 5.41) is 3.61. The van der Waals surface area contributed by atoms with Crippen LogP contribution in [0.15, 0.2) is 5.16 Å². The molecule has 1 saturated carbocycles. The van der Waals surface area contributed by atoms with Gasteiger partial charge < -0.3 is 9.74 Å². The molecule has 1 aliphatic heterocycles. The summed E-state index contributed by atoms with van der Waals surface area (Å²) in [5.41, 5.74) is 0.959. The summed E-state index contributed by atoms with van der Waals surface area (Å²) in [6, 6.07) is 0. The number of carbonyl (C=O) groups excluding carboxylic acids is 1. The molecule has 0 unspecified atom stereocenters. The van der Waals surface area contributed by atoms with E-state index in [1.807, 2.05) is 0 Å².